The number of carbonyl (C=O) groups is 1. The Morgan fingerprint density at radius 2 is 1.49 bits per heavy atom. The number of hydrogen-bond donors (Lipinski definition) is 0. The molecule has 0 unspecified atom stereocenters. The third-order valence-corrected chi connectivity index (χ3v) is 6.17. The summed E-state index contributed by atoms with van der Waals surface area (Å²) in [7, 11) is 6.46. The van der Waals surface area contributed by atoms with Gasteiger partial charge in [-0.05, 0) is 30.3 Å². The summed E-state index contributed by atoms with van der Waals surface area (Å²) in [6, 6.07) is 12.6. The van der Waals surface area contributed by atoms with Gasteiger partial charge in [0, 0.05) is 49.9 Å². The van der Waals surface area contributed by atoms with Crippen LogP contribution < -0.4 is 18.9 Å². The minimum absolute atomic E-state index is 0.170. The lowest BCUT2D eigenvalue weighted by molar-refractivity contribution is 0.102. The zero-order chi connectivity index (χ0) is 24.8. The van der Waals surface area contributed by atoms with Crippen molar-refractivity contribution >= 4 is 5.78 Å². The molecule has 0 aliphatic carbocycles. The minimum Gasteiger partial charge on any atom is -0.497 e. The van der Waals surface area contributed by atoms with Gasteiger partial charge in [0.15, 0.2) is 23.0 Å². The van der Waals surface area contributed by atoms with Crippen molar-refractivity contribution in [1.29, 1.82) is 0 Å². The maximum absolute atomic E-state index is 12.7. The zero-order valence-corrected chi connectivity index (χ0v) is 20.6. The summed E-state index contributed by atoms with van der Waals surface area (Å²) in [5.41, 5.74) is 1.91. The average molecular weight is 482 g/mol. The Morgan fingerprint density at radius 1 is 0.829 bits per heavy atom. The molecule has 1 saturated heterocycles. The van der Waals surface area contributed by atoms with Gasteiger partial charge in [-0.15, -0.1) is 0 Å². The predicted molar refractivity (Wildman–Crippen MR) is 130 cm³/mol. The van der Waals surface area contributed by atoms with Crippen LogP contribution in [0.3, 0.4) is 0 Å². The summed E-state index contributed by atoms with van der Waals surface area (Å²) in [5.74, 6) is 3.16. The second-order valence-corrected chi connectivity index (χ2v) is 8.28. The Kier molecular flexibility index (Phi) is 7.89. The number of nitrogens with zero attached hydrogens (tertiary/aromatic N) is 3. The highest BCUT2D eigenvalue weighted by molar-refractivity contribution is 6.07. The van der Waals surface area contributed by atoms with Gasteiger partial charge in [-0.2, -0.15) is 0 Å². The van der Waals surface area contributed by atoms with Crippen LogP contribution in [0.2, 0.25) is 0 Å². The van der Waals surface area contributed by atoms with Crippen LogP contribution in [-0.2, 0) is 13.1 Å². The second-order valence-electron chi connectivity index (χ2n) is 8.28. The SMILES string of the molecule is COc1ccc(C(=O)c2cc(CN3CCN(Cc4ccc(OC)c(OC)c4OC)CC3)on2)cc1. The molecule has 1 aliphatic rings. The Morgan fingerprint density at radius 3 is 2.09 bits per heavy atom. The standard InChI is InChI=1S/C26H31N3O6/c1-31-20-8-5-18(6-9-20)24(30)22-15-21(35-27-22)17-29-13-11-28(12-14-29)16-19-7-10-23(32-2)26(34-4)25(19)33-3/h5-10,15H,11-14,16-17H2,1-4H3. The van der Waals surface area contributed by atoms with Crippen molar-refractivity contribution in [3.05, 3.63) is 65.0 Å². The van der Waals surface area contributed by atoms with E-state index in [-0.39, 0.29) is 5.78 Å². The Balaban J connectivity index is 1.32. The fraction of sp³-hybridized carbons (Fsp3) is 0.385. The van der Waals surface area contributed by atoms with Crippen LogP contribution in [0.1, 0.15) is 27.4 Å². The topological polar surface area (TPSA) is 86.5 Å². The first kappa shape index (κ1) is 24.6. The number of benzene rings is 2. The molecular formula is C26H31N3O6. The number of hydrogen-bond acceptors (Lipinski definition) is 9. The van der Waals surface area contributed by atoms with Crippen molar-refractivity contribution in [2.45, 2.75) is 13.1 Å². The van der Waals surface area contributed by atoms with Crippen molar-refractivity contribution < 1.29 is 28.3 Å². The molecule has 0 amide bonds. The molecule has 0 N–H and O–H groups in total. The van der Waals surface area contributed by atoms with Crippen LogP contribution >= 0.6 is 0 Å². The molecule has 9 nitrogen and oxygen atoms in total. The lowest BCUT2D eigenvalue weighted by Gasteiger charge is -2.34. The Bertz CT molecular complexity index is 1140. The molecule has 0 bridgehead atoms. The van der Waals surface area contributed by atoms with E-state index in [4.69, 9.17) is 23.5 Å². The van der Waals surface area contributed by atoms with Crippen LogP contribution in [0, 0.1) is 0 Å². The third-order valence-electron chi connectivity index (χ3n) is 6.17. The minimum atomic E-state index is -0.170. The fourth-order valence-electron chi connectivity index (χ4n) is 4.24. The van der Waals surface area contributed by atoms with Crippen LogP contribution in [0.4, 0.5) is 0 Å². The van der Waals surface area contributed by atoms with E-state index in [9.17, 15) is 4.79 Å². The quantitative estimate of drug-likeness (QED) is 0.405. The van der Waals surface area contributed by atoms with E-state index in [0.717, 1.165) is 38.3 Å². The molecule has 0 spiro atoms. The normalized spacial score (nSPS) is 14.5. The number of rotatable bonds is 10. The van der Waals surface area contributed by atoms with Crippen LogP contribution in [-0.4, -0.2) is 75.4 Å². The van der Waals surface area contributed by atoms with Gasteiger partial charge in [0.25, 0.3) is 0 Å². The highest BCUT2D eigenvalue weighted by Crippen LogP contribution is 2.40. The molecule has 9 heteroatoms. The lowest BCUT2D eigenvalue weighted by Crippen LogP contribution is -2.45. The summed E-state index contributed by atoms with van der Waals surface area (Å²) >= 11 is 0. The van der Waals surface area contributed by atoms with Crippen molar-refractivity contribution in [3.8, 4) is 23.0 Å². The van der Waals surface area contributed by atoms with Gasteiger partial charge >= 0.3 is 0 Å². The first-order valence-electron chi connectivity index (χ1n) is 11.4. The molecule has 1 aliphatic heterocycles. The Hall–Kier alpha value is -3.56. The average Bonchev–Trinajstić information content (AvgIpc) is 3.37. The van der Waals surface area contributed by atoms with Gasteiger partial charge in [-0.3, -0.25) is 14.6 Å². The van der Waals surface area contributed by atoms with E-state index >= 15 is 0 Å². The maximum atomic E-state index is 12.7. The smallest absolute Gasteiger partial charge is 0.214 e. The van der Waals surface area contributed by atoms with Crippen molar-refractivity contribution in [2.24, 2.45) is 0 Å². The molecule has 3 aromatic rings. The molecule has 1 fully saturated rings. The highest BCUT2D eigenvalue weighted by atomic mass is 16.5. The van der Waals surface area contributed by atoms with Gasteiger partial charge in [0.05, 0.1) is 35.0 Å². The molecule has 4 rings (SSSR count). The second kappa shape index (κ2) is 11.2. The largest absolute Gasteiger partial charge is 0.497 e. The number of ketones is 1. The van der Waals surface area contributed by atoms with Crippen molar-refractivity contribution in [3.63, 3.8) is 0 Å². The predicted octanol–water partition coefficient (Wildman–Crippen LogP) is 3.26. The summed E-state index contributed by atoms with van der Waals surface area (Å²) in [6.45, 7) is 4.89. The van der Waals surface area contributed by atoms with Crippen LogP contribution in [0.5, 0.6) is 23.0 Å². The lowest BCUT2D eigenvalue weighted by atomic mass is 10.1. The van der Waals surface area contributed by atoms with Gasteiger partial charge in [-0.25, -0.2) is 0 Å². The highest BCUT2D eigenvalue weighted by Gasteiger charge is 2.23. The molecule has 0 radical (unpaired) electrons. The number of ether oxygens (including phenoxy) is 4. The number of methoxy groups -OCH3 is 4. The summed E-state index contributed by atoms with van der Waals surface area (Å²) < 4.78 is 27.1. The van der Waals surface area contributed by atoms with Crippen molar-refractivity contribution in [2.75, 3.05) is 54.6 Å². The maximum Gasteiger partial charge on any atom is 0.214 e. The van der Waals surface area contributed by atoms with E-state index in [1.165, 1.54) is 0 Å². The fourth-order valence-corrected chi connectivity index (χ4v) is 4.24. The first-order chi connectivity index (χ1) is 17.1. The molecule has 186 valence electrons. The van der Waals surface area contributed by atoms with Crippen LogP contribution in [0.15, 0.2) is 47.0 Å². The molecular weight excluding hydrogens is 450 g/mol. The number of carbonyl (C=O) groups excluding carboxylic acids is 1. The molecule has 1 aromatic heterocycles. The first-order valence-corrected chi connectivity index (χ1v) is 11.4. The molecule has 0 saturated carbocycles. The van der Waals surface area contributed by atoms with Crippen molar-refractivity contribution in [1.82, 2.24) is 15.0 Å². The van der Waals surface area contributed by atoms with Crippen LogP contribution in [0.25, 0.3) is 0 Å². The number of aromatic nitrogens is 1. The Labute approximate surface area is 205 Å². The van der Waals surface area contributed by atoms with Gasteiger partial charge in [-0.1, -0.05) is 11.2 Å². The molecule has 0 atom stereocenters. The van der Waals surface area contributed by atoms with Gasteiger partial charge in [0.2, 0.25) is 11.5 Å². The molecule has 2 aromatic carbocycles. The monoisotopic (exact) mass is 481 g/mol. The van der Waals surface area contributed by atoms with E-state index in [1.807, 2.05) is 12.1 Å². The summed E-state index contributed by atoms with van der Waals surface area (Å²) in [5, 5.41) is 3.99. The number of piperazine rings is 1. The molecule has 35 heavy (non-hydrogen) atoms. The zero-order valence-electron chi connectivity index (χ0n) is 20.6. The van der Waals surface area contributed by atoms with Gasteiger partial charge in [0.1, 0.15) is 5.75 Å². The van der Waals surface area contributed by atoms with Gasteiger partial charge < -0.3 is 23.5 Å². The van der Waals surface area contributed by atoms with E-state index in [0.29, 0.717) is 46.6 Å². The summed E-state index contributed by atoms with van der Waals surface area (Å²) in [6.07, 6.45) is 0. The van der Waals surface area contributed by atoms with E-state index in [1.54, 1.807) is 58.8 Å². The van der Waals surface area contributed by atoms with E-state index < -0.39 is 0 Å². The van der Waals surface area contributed by atoms with E-state index in [2.05, 4.69) is 15.0 Å². The third kappa shape index (κ3) is 5.58. The molecule has 2 heterocycles. The summed E-state index contributed by atoms with van der Waals surface area (Å²) in [4.78, 5) is 17.4.